The van der Waals surface area contributed by atoms with E-state index in [-0.39, 0.29) is 11.8 Å². The number of rotatable bonds is 3. The molecule has 1 amide bonds. The van der Waals surface area contributed by atoms with E-state index in [0.29, 0.717) is 0 Å². The van der Waals surface area contributed by atoms with E-state index in [1.807, 2.05) is 0 Å². The van der Waals surface area contributed by atoms with Gasteiger partial charge < -0.3 is 30.5 Å². The molecule has 0 spiro atoms. The minimum absolute atomic E-state index is 0.317. The summed E-state index contributed by atoms with van der Waals surface area (Å²) in [6.45, 7) is 2.79. The number of hydrogen-bond acceptors (Lipinski definition) is 6. The molecule has 0 aromatic rings. The molecular weight excluding hydrogens is 230 g/mol. The highest BCUT2D eigenvalue weighted by Gasteiger charge is 2.44. The van der Waals surface area contributed by atoms with Crippen LogP contribution in [0.2, 0.25) is 0 Å². The van der Waals surface area contributed by atoms with Gasteiger partial charge in [-0.3, -0.25) is 4.79 Å². The predicted octanol–water partition coefficient (Wildman–Crippen LogP) is -2.44. The zero-order chi connectivity index (χ0) is 13.2. The first-order valence-corrected chi connectivity index (χ1v) is 5.49. The molecule has 7 nitrogen and oxygen atoms in total. The van der Waals surface area contributed by atoms with E-state index in [9.17, 15) is 20.1 Å². The van der Waals surface area contributed by atoms with Gasteiger partial charge in [0, 0.05) is 5.92 Å². The third-order valence-electron chi connectivity index (χ3n) is 2.73. The van der Waals surface area contributed by atoms with E-state index in [4.69, 9.17) is 9.84 Å². The fraction of sp³-hybridized carbons (Fsp3) is 0.900. The van der Waals surface area contributed by atoms with Gasteiger partial charge in [0.2, 0.25) is 5.91 Å². The van der Waals surface area contributed by atoms with Gasteiger partial charge in [-0.25, -0.2) is 0 Å². The zero-order valence-corrected chi connectivity index (χ0v) is 9.78. The molecule has 0 aromatic heterocycles. The monoisotopic (exact) mass is 249 g/mol. The smallest absolute Gasteiger partial charge is 0.223 e. The molecule has 0 aliphatic carbocycles. The Hall–Kier alpha value is -0.730. The Labute approximate surface area is 99.0 Å². The summed E-state index contributed by atoms with van der Waals surface area (Å²) in [6, 6.07) is -1.11. The van der Waals surface area contributed by atoms with Crippen LogP contribution in [0.1, 0.15) is 13.8 Å². The van der Waals surface area contributed by atoms with E-state index in [0.717, 1.165) is 0 Å². The molecule has 5 N–H and O–H groups in total. The summed E-state index contributed by atoms with van der Waals surface area (Å²) >= 11 is 0. The molecule has 1 aliphatic rings. The molecule has 1 aliphatic heterocycles. The van der Waals surface area contributed by atoms with E-state index >= 15 is 0 Å². The van der Waals surface area contributed by atoms with E-state index in [1.54, 1.807) is 13.8 Å². The molecule has 0 radical (unpaired) electrons. The Kier molecular flexibility index (Phi) is 4.84. The first-order chi connectivity index (χ1) is 7.88. The van der Waals surface area contributed by atoms with Crippen LogP contribution in [0.25, 0.3) is 0 Å². The average molecular weight is 249 g/mol. The summed E-state index contributed by atoms with van der Waals surface area (Å²) in [4.78, 5) is 11.4. The Balaban J connectivity index is 2.69. The van der Waals surface area contributed by atoms with Gasteiger partial charge in [0.1, 0.15) is 24.4 Å². The van der Waals surface area contributed by atoms with Crippen LogP contribution < -0.4 is 5.32 Å². The van der Waals surface area contributed by atoms with Crippen molar-refractivity contribution < 1.29 is 30.0 Å². The Bertz CT molecular complexity index is 272. The van der Waals surface area contributed by atoms with Gasteiger partial charge in [-0.2, -0.15) is 0 Å². The normalized spacial score (nSPS) is 38.2. The third kappa shape index (κ3) is 3.14. The predicted molar refractivity (Wildman–Crippen MR) is 56.7 cm³/mol. The maximum atomic E-state index is 11.4. The van der Waals surface area contributed by atoms with Crippen molar-refractivity contribution in [2.75, 3.05) is 6.61 Å². The number of aliphatic hydroxyl groups excluding tert-OH is 4. The van der Waals surface area contributed by atoms with Crippen LogP contribution in [0.15, 0.2) is 0 Å². The Morgan fingerprint density at radius 1 is 1.29 bits per heavy atom. The van der Waals surface area contributed by atoms with E-state index in [2.05, 4.69) is 5.32 Å². The lowest BCUT2D eigenvalue weighted by atomic mass is 9.96. The number of amides is 1. The van der Waals surface area contributed by atoms with Crippen molar-refractivity contribution in [3.05, 3.63) is 0 Å². The minimum atomic E-state index is -1.46. The van der Waals surface area contributed by atoms with Crippen LogP contribution in [0, 0.1) is 5.92 Å². The number of carbonyl (C=O) groups is 1. The van der Waals surface area contributed by atoms with Crippen molar-refractivity contribution in [2.24, 2.45) is 5.92 Å². The highest BCUT2D eigenvalue weighted by atomic mass is 16.6. The van der Waals surface area contributed by atoms with Crippen LogP contribution in [0.5, 0.6) is 0 Å². The van der Waals surface area contributed by atoms with Crippen molar-refractivity contribution >= 4 is 5.91 Å². The van der Waals surface area contributed by atoms with E-state index < -0.39 is 37.3 Å². The van der Waals surface area contributed by atoms with Crippen molar-refractivity contribution in [3.63, 3.8) is 0 Å². The summed E-state index contributed by atoms with van der Waals surface area (Å²) in [5.41, 5.74) is 0. The number of aliphatic hydroxyl groups is 4. The number of ether oxygens (including phenoxy) is 1. The summed E-state index contributed by atoms with van der Waals surface area (Å²) in [7, 11) is 0. The van der Waals surface area contributed by atoms with Gasteiger partial charge in [0.25, 0.3) is 0 Å². The molecule has 0 saturated carbocycles. The van der Waals surface area contributed by atoms with Crippen molar-refractivity contribution in [1.29, 1.82) is 0 Å². The lowest BCUT2D eigenvalue weighted by Gasteiger charge is -2.40. The van der Waals surface area contributed by atoms with Crippen molar-refractivity contribution in [1.82, 2.24) is 5.32 Å². The lowest BCUT2D eigenvalue weighted by molar-refractivity contribution is -0.254. The SMILES string of the molecule is CC(C)C(=O)N[C@@H]1[C@@H](O)[C@H](O)[C@H](CO)O[C@@H]1O. The molecule has 17 heavy (non-hydrogen) atoms. The largest absolute Gasteiger partial charge is 0.394 e. The molecule has 5 atom stereocenters. The number of carbonyl (C=O) groups excluding carboxylic acids is 1. The summed E-state index contributed by atoms with van der Waals surface area (Å²) < 4.78 is 4.89. The van der Waals surface area contributed by atoms with Crippen LogP contribution in [-0.4, -0.2) is 63.6 Å². The van der Waals surface area contributed by atoms with Crippen LogP contribution in [-0.2, 0) is 9.53 Å². The van der Waals surface area contributed by atoms with Gasteiger partial charge >= 0.3 is 0 Å². The minimum Gasteiger partial charge on any atom is -0.394 e. The molecule has 0 unspecified atom stereocenters. The van der Waals surface area contributed by atoms with Gasteiger partial charge in [0.15, 0.2) is 6.29 Å². The van der Waals surface area contributed by atoms with Gasteiger partial charge in [-0.1, -0.05) is 13.8 Å². The van der Waals surface area contributed by atoms with Crippen LogP contribution >= 0.6 is 0 Å². The average Bonchev–Trinajstić information content (AvgIpc) is 2.28. The van der Waals surface area contributed by atoms with Gasteiger partial charge in [0.05, 0.1) is 6.61 Å². The lowest BCUT2D eigenvalue weighted by Crippen LogP contribution is -2.64. The molecular formula is C10H19NO6. The molecule has 0 aromatic carbocycles. The first-order valence-electron chi connectivity index (χ1n) is 5.49. The maximum Gasteiger partial charge on any atom is 0.223 e. The second kappa shape index (κ2) is 5.74. The molecule has 1 saturated heterocycles. The summed E-state index contributed by atoms with van der Waals surface area (Å²) in [5, 5.41) is 40.1. The van der Waals surface area contributed by atoms with Crippen molar-refractivity contribution in [2.45, 2.75) is 44.5 Å². The van der Waals surface area contributed by atoms with Crippen molar-refractivity contribution in [3.8, 4) is 0 Å². The Morgan fingerprint density at radius 3 is 2.35 bits per heavy atom. The second-order valence-corrected chi connectivity index (χ2v) is 4.42. The third-order valence-corrected chi connectivity index (χ3v) is 2.73. The van der Waals surface area contributed by atoms with Gasteiger partial charge in [-0.05, 0) is 0 Å². The topological polar surface area (TPSA) is 119 Å². The molecule has 1 heterocycles. The first kappa shape index (κ1) is 14.3. The summed E-state index contributed by atoms with van der Waals surface area (Å²) in [5.74, 6) is -0.687. The maximum absolute atomic E-state index is 11.4. The molecule has 100 valence electrons. The molecule has 1 fully saturated rings. The van der Waals surface area contributed by atoms with Gasteiger partial charge in [-0.15, -0.1) is 0 Å². The highest BCUT2D eigenvalue weighted by Crippen LogP contribution is 2.19. The fourth-order valence-electron chi connectivity index (χ4n) is 1.58. The van der Waals surface area contributed by atoms with Crippen LogP contribution in [0.4, 0.5) is 0 Å². The second-order valence-electron chi connectivity index (χ2n) is 4.42. The molecule has 7 heteroatoms. The molecule has 1 rings (SSSR count). The zero-order valence-electron chi connectivity index (χ0n) is 9.78. The quantitative estimate of drug-likeness (QED) is 0.379. The van der Waals surface area contributed by atoms with E-state index in [1.165, 1.54) is 0 Å². The number of nitrogens with one attached hydrogen (secondary N) is 1. The Morgan fingerprint density at radius 2 is 1.88 bits per heavy atom. The molecule has 0 bridgehead atoms. The van der Waals surface area contributed by atoms with Crippen LogP contribution in [0.3, 0.4) is 0 Å². The standard InChI is InChI=1S/C10H19NO6/c1-4(2)9(15)11-6-8(14)7(13)5(3-12)17-10(6)16/h4-8,10,12-14,16H,3H2,1-2H3,(H,11,15)/t5-,6+,7+,8+,10-/m0/s1. The number of hydrogen-bond donors (Lipinski definition) is 5. The summed E-state index contributed by atoms with van der Waals surface area (Å²) in [6.07, 6.45) is -5.28. The highest BCUT2D eigenvalue weighted by molar-refractivity contribution is 5.78. The fourth-order valence-corrected chi connectivity index (χ4v) is 1.58.